The molecule has 17 heavy (non-hydrogen) atoms. The molecular weight excluding hydrogens is 254 g/mol. The molecule has 0 saturated heterocycles. The standard InChI is InChI=1S/C9H12F6O2/c10-8(11,12)7(9(13,14)15)17-6-3-1-2-5(16)4-6/h5-7,16H,1-4H2. The first kappa shape index (κ1) is 14.6. The summed E-state index contributed by atoms with van der Waals surface area (Å²) in [5.41, 5.74) is 0. The highest BCUT2D eigenvalue weighted by molar-refractivity contribution is 4.80. The third-order valence-corrected chi connectivity index (χ3v) is 2.52. The fourth-order valence-corrected chi connectivity index (χ4v) is 1.78. The van der Waals surface area contributed by atoms with E-state index in [0.717, 1.165) is 0 Å². The van der Waals surface area contributed by atoms with E-state index < -0.39 is 30.7 Å². The van der Waals surface area contributed by atoms with Crippen molar-refractivity contribution < 1.29 is 36.2 Å². The Balaban J connectivity index is 2.67. The summed E-state index contributed by atoms with van der Waals surface area (Å²) in [5, 5.41) is 9.16. The molecule has 0 spiro atoms. The Hall–Kier alpha value is -0.500. The molecule has 0 amide bonds. The summed E-state index contributed by atoms with van der Waals surface area (Å²) in [6, 6.07) is 0. The Morgan fingerprint density at radius 3 is 1.94 bits per heavy atom. The fraction of sp³-hybridized carbons (Fsp3) is 1.00. The molecule has 0 heterocycles. The molecule has 1 fully saturated rings. The van der Waals surface area contributed by atoms with Crippen molar-refractivity contribution in [2.75, 3.05) is 0 Å². The number of rotatable bonds is 2. The first-order valence-electron chi connectivity index (χ1n) is 5.07. The van der Waals surface area contributed by atoms with E-state index in [2.05, 4.69) is 4.74 Å². The van der Waals surface area contributed by atoms with Gasteiger partial charge in [0.15, 0.2) is 0 Å². The van der Waals surface area contributed by atoms with Crippen LogP contribution in [-0.4, -0.2) is 35.8 Å². The van der Waals surface area contributed by atoms with Gasteiger partial charge in [0.2, 0.25) is 6.10 Å². The van der Waals surface area contributed by atoms with Crippen molar-refractivity contribution >= 4 is 0 Å². The smallest absolute Gasteiger partial charge is 0.393 e. The molecule has 0 radical (unpaired) electrons. The molecule has 1 aliphatic carbocycles. The minimum absolute atomic E-state index is 0.0969. The lowest BCUT2D eigenvalue weighted by Crippen LogP contribution is -2.47. The highest BCUT2D eigenvalue weighted by Gasteiger charge is 2.58. The van der Waals surface area contributed by atoms with Crippen LogP contribution in [0.15, 0.2) is 0 Å². The Morgan fingerprint density at radius 1 is 1.00 bits per heavy atom. The quantitative estimate of drug-likeness (QED) is 0.779. The highest BCUT2D eigenvalue weighted by atomic mass is 19.4. The van der Waals surface area contributed by atoms with Crippen molar-refractivity contribution in [1.29, 1.82) is 0 Å². The van der Waals surface area contributed by atoms with Crippen LogP contribution in [0.25, 0.3) is 0 Å². The van der Waals surface area contributed by atoms with Crippen LogP contribution >= 0.6 is 0 Å². The second kappa shape index (κ2) is 5.01. The first-order chi connectivity index (χ1) is 7.60. The number of hydrogen-bond donors (Lipinski definition) is 1. The Kier molecular flexibility index (Phi) is 4.29. The molecule has 0 aromatic carbocycles. The zero-order valence-electron chi connectivity index (χ0n) is 8.68. The SMILES string of the molecule is OC1CCCC(OC(C(F)(F)F)C(F)(F)F)C1. The lowest BCUT2D eigenvalue weighted by atomic mass is 9.95. The zero-order valence-corrected chi connectivity index (χ0v) is 8.68. The van der Waals surface area contributed by atoms with Gasteiger partial charge in [-0.2, -0.15) is 26.3 Å². The summed E-state index contributed by atoms with van der Waals surface area (Å²) in [5.74, 6) is 0. The van der Waals surface area contributed by atoms with Crippen molar-refractivity contribution in [2.45, 2.75) is 56.3 Å². The minimum atomic E-state index is -5.49. The van der Waals surface area contributed by atoms with E-state index in [1.807, 2.05) is 0 Å². The average molecular weight is 266 g/mol. The third-order valence-electron chi connectivity index (χ3n) is 2.52. The van der Waals surface area contributed by atoms with Gasteiger partial charge in [-0.15, -0.1) is 0 Å². The summed E-state index contributed by atoms with van der Waals surface area (Å²) >= 11 is 0. The first-order valence-corrected chi connectivity index (χ1v) is 5.07. The molecular formula is C9H12F6O2. The number of aliphatic hydroxyl groups is 1. The van der Waals surface area contributed by atoms with Crippen LogP contribution in [-0.2, 0) is 4.74 Å². The van der Waals surface area contributed by atoms with Crippen molar-refractivity contribution in [2.24, 2.45) is 0 Å². The minimum Gasteiger partial charge on any atom is -0.393 e. The molecule has 1 rings (SSSR count). The Labute approximate surface area is 93.6 Å². The van der Waals surface area contributed by atoms with Gasteiger partial charge in [-0.3, -0.25) is 0 Å². The summed E-state index contributed by atoms with van der Waals surface area (Å²) in [4.78, 5) is 0. The second-order valence-electron chi connectivity index (χ2n) is 4.04. The molecule has 102 valence electrons. The molecule has 0 bridgehead atoms. The van der Waals surface area contributed by atoms with E-state index in [4.69, 9.17) is 5.11 Å². The van der Waals surface area contributed by atoms with E-state index in [1.165, 1.54) is 0 Å². The van der Waals surface area contributed by atoms with Gasteiger partial charge in [0, 0.05) is 0 Å². The monoisotopic (exact) mass is 266 g/mol. The third kappa shape index (κ3) is 4.34. The van der Waals surface area contributed by atoms with Crippen LogP contribution in [0.3, 0.4) is 0 Å². The average Bonchev–Trinajstić information content (AvgIpc) is 2.10. The van der Waals surface area contributed by atoms with E-state index in [0.29, 0.717) is 12.8 Å². The van der Waals surface area contributed by atoms with E-state index in [1.54, 1.807) is 0 Å². The van der Waals surface area contributed by atoms with E-state index >= 15 is 0 Å². The van der Waals surface area contributed by atoms with Crippen molar-refractivity contribution in [3.8, 4) is 0 Å². The number of aliphatic hydroxyl groups excluding tert-OH is 1. The number of halogens is 6. The number of hydrogen-bond acceptors (Lipinski definition) is 2. The summed E-state index contributed by atoms with van der Waals surface area (Å²) in [7, 11) is 0. The maximum Gasteiger partial charge on any atom is 0.423 e. The number of alkyl halides is 6. The van der Waals surface area contributed by atoms with Gasteiger partial charge >= 0.3 is 12.4 Å². The van der Waals surface area contributed by atoms with Crippen molar-refractivity contribution in [1.82, 2.24) is 0 Å². The maximum absolute atomic E-state index is 12.2. The van der Waals surface area contributed by atoms with Crippen LogP contribution in [0.1, 0.15) is 25.7 Å². The lowest BCUT2D eigenvalue weighted by Gasteiger charge is -2.31. The highest BCUT2D eigenvalue weighted by Crippen LogP contribution is 2.38. The molecule has 0 aliphatic heterocycles. The summed E-state index contributed by atoms with van der Waals surface area (Å²) in [6.07, 6.45) is -16.2. The molecule has 2 nitrogen and oxygen atoms in total. The molecule has 0 aromatic heterocycles. The normalized spacial score (nSPS) is 27.5. The molecule has 2 unspecified atom stereocenters. The Bertz CT molecular complexity index is 235. The van der Waals surface area contributed by atoms with Gasteiger partial charge in [-0.1, -0.05) is 0 Å². The maximum atomic E-state index is 12.2. The van der Waals surface area contributed by atoms with Crippen LogP contribution in [0, 0.1) is 0 Å². The van der Waals surface area contributed by atoms with E-state index in [-0.39, 0.29) is 12.8 Å². The van der Waals surface area contributed by atoms with Crippen LogP contribution < -0.4 is 0 Å². The van der Waals surface area contributed by atoms with Crippen LogP contribution in [0.2, 0.25) is 0 Å². The van der Waals surface area contributed by atoms with Crippen molar-refractivity contribution in [3.05, 3.63) is 0 Å². The topological polar surface area (TPSA) is 29.5 Å². The van der Waals surface area contributed by atoms with Crippen molar-refractivity contribution in [3.63, 3.8) is 0 Å². The van der Waals surface area contributed by atoms with Crippen LogP contribution in [0.4, 0.5) is 26.3 Å². The largest absolute Gasteiger partial charge is 0.423 e. The fourth-order valence-electron chi connectivity index (χ4n) is 1.78. The summed E-state index contributed by atoms with van der Waals surface area (Å²) in [6.45, 7) is 0. The molecule has 2 atom stereocenters. The van der Waals surface area contributed by atoms with E-state index in [9.17, 15) is 26.3 Å². The zero-order chi connectivity index (χ0) is 13.3. The molecule has 1 N–H and O–H groups in total. The molecule has 1 aliphatic rings. The Morgan fingerprint density at radius 2 is 1.53 bits per heavy atom. The van der Waals surface area contributed by atoms with Gasteiger partial charge in [0.05, 0.1) is 12.2 Å². The van der Waals surface area contributed by atoms with Gasteiger partial charge in [-0.05, 0) is 25.7 Å². The lowest BCUT2D eigenvalue weighted by molar-refractivity contribution is -0.333. The van der Waals surface area contributed by atoms with Gasteiger partial charge < -0.3 is 9.84 Å². The van der Waals surface area contributed by atoms with Gasteiger partial charge in [0.25, 0.3) is 0 Å². The summed E-state index contributed by atoms with van der Waals surface area (Å²) < 4.78 is 77.0. The van der Waals surface area contributed by atoms with Crippen LogP contribution in [0.5, 0.6) is 0 Å². The predicted octanol–water partition coefficient (Wildman–Crippen LogP) is 2.80. The molecule has 1 saturated carbocycles. The molecule has 0 aromatic rings. The molecule has 8 heteroatoms. The van der Waals surface area contributed by atoms with Gasteiger partial charge in [-0.25, -0.2) is 0 Å². The number of ether oxygens (including phenoxy) is 1. The predicted molar refractivity (Wildman–Crippen MR) is 45.2 cm³/mol. The van der Waals surface area contributed by atoms with Gasteiger partial charge in [0.1, 0.15) is 0 Å². The second-order valence-corrected chi connectivity index (χ2v) is 4.04.